The van der Waals surface area contributed by atoms with Gasteiger partial charge in [-0.2, -0.15) is 4.37 Å². The molecule has 1 aromatic carbocycles. The number of hydrogen-bond donors (Lipinski definition) is 1. The van der Waals surface area contributed by atoms with E-state index in [-0.39, 0.29) is 6.04 Å². The lowest BCUT2D eigenvalue weighted by molar-refractivity contribution is 0.201. The summed E-state index contributed by atoms with van der Waals surface area (Å²) in [5.74, 6) is 1.40. The van der Waals surface area contributed by atoms with E-state index in [2.05, 4.69) is 59.7 Å². The van der Waals surface area contributed by atoms with E-state index in [9.17, 15) is 0 Å². The fourth-order valence-corrected chi connectivity index (χ4v) is 2.75. The van der Waals surface area contributed by atoms with Crippen molar-refractivity contribution in [1.29, 1.82) is 0 Å². The van der Waals surface area contributed by atoms with Gasteiger partial charge in [-0.15, -0.1) is 0 Å². The van der Waals surface area contributed by atoms with Crippen LogP contribution >= 0.6 is 11.5 Å². The van der Waals surface area contributed by atoms with Crippen molar-refractivity contribution in [3.8, 4) is 0 Å². The normalized spacial score (nSPS) is 12.6. The van der Waals surface area contributed by atoms with Crippen LogP contribution in [0.25, 0.3) is 0 Å². The summed E-state index contributed by atoms with van der Waals surface area (Å²) in [5, 5.41) is 4.27. The van der Waals surface area contributed by atoms with Gasteiger partial charge >= 0.3 is 0 Å². The Hall–Kier alpha value is -1.46. The average Bonchev–Trinajstić information content (AvgIpc) is 2.92. The van der Waals surface area contributed by atoms with Crippen molar-refractivity contribution >= 4 is 16.7 Å². The summed E-state index contributed by atoms with van der Waals surface area (Å²) in [4.78, 5) is 4.48. The molecule has 5 heteroatoms. The second-order valence-corrected chi connectivity index (χ2v) is 6.20. The molecule has 1 atom stereocenters. The second-order valence-electron chi connectivity index (χ2n) is 5.45. The highest BCUT2D eigenvalue weighted by atomic mass is 32.1. The van der Waals surface area contributed by atoms with Crippen LogP contribution in [0.5, 0.6) is 0 Å². The Morgan fingerprint density at radius 3 is 2.43 bits per heavy atom. The third-order valence-electron chi connectivity index (χ3n) is 3.44. The van der Waals surface area contributed by atoms with Crippen molar-refractivity contribution in [3.05, 3.63) is 41.2 Å². The topological polar surface area (TPSA) is 47.0 Å². The first-order chi connectivity index (χ1) is 10.1. The van der Waals surface area contributed by atoms with Gasteiger partial charge < -0.3 is 10.1 Å². The van der Waals surface area contributed by atoms with Crippen molar-refractivity contribution in [2.45, 2.75) is 39.2 Å². The fourth-order valence-electron chi connectivity index (χ4n) is 2.05. The Kier molecular flexibility index (Phi) is 5.70. The summed E-state index contributed by atoms with van der Waals surface area (Å²) >= 11 is 1.40. The summed E-state index contributed by atoms with van der Waals surface area (Å²) < 4.78 is 9.37. The lowest BCUT2D eigenvalue weighted by Gasteiger charge is -2.14. The number of anilines is 1. The predicted molar refractivity (Wildman–Crippen MR) is 88.1 cm³/mol. The molecule has 114 valence electrons. The number of nitrogens with zero attached hydrogens (tertiary/aromatic N) is 2. The minimum absolute atomic E-state index is 0.217. The highest BCUT2D eigenvalue weighted by molar-refractivity contribution is 7.09. The minimum Gasteiger partial charge on any atom is -0.384 e. The number of ether oxygens (including phenoxy) is 1. The number of nitrogens with one attached hydrogen (secondary N) is 1. The molecule has 21 heavy (non-hydrogen) atoms. The van der Waals surface area contributed by atoms with Gasteiger partial charge in [0.1, 0.15) is 5.82 Å². The van der Waals surface area contributed by atoms with Gasteiger partial charge in [0.25, 0.3) is 0 Å². The zero-order valence-electron chi connectivity index (χ0n) is 13.1. The molecule has 2 aromatic rings. The van der Waals surface area contributed by atoms with E-state index in [1.807, 2.05) is 0 Å². The van der Waals surface area contributed by atoms with E-state index < -0.39 is 0 Å². The molecular weight excluding hydrogens is 282 g/mol. The maximum Gasteiger partial charge on any atom is 0.203 e. The first-order valence-electron chi connectivity index (χ1n) is 7.28. The van der Waals surface area contributed by atoms with E-state index >= 15 is 0 Å². The molecule has 0 amide bonds. The molecule has 1 heterocycles. The Balaban J connectivity index is 1.97. The Bertz CT molecular complexity index is 551. The van der Waals surface area contributed by atoms with Gasteiger partial charge in [0.05, 0.1) is 12.6 Å². The molecule has 0 aliphatic rings. The molecule has 1 unspecified atom stereocenters. The highest BCUT2D eigenvalue weighted by Gasteiger charge is 2.10. The molecule has 4 nitrogen and oxygen atoms in total. The summed E-state index contributed by atoms with van der Waals surface area (Å²) in [7, 11) is 1.69. The van der Waals surface area contributed by atoms with Gasteiger partial charge in [0.15, 0.2) is 0 Å². The maximum atomic E-state index is 5.04. The van der Waals surface area contributed by atoms with E-state index in [0.717, 1.165) is 17.4 Å². The molecule has 2 rings (SSSR count). The van der Waals surface area contributed by atoms with Gasteiger partial charge in [-0.25, -0.2) is 4.98 Å². The second kappa shape index (κ2) is 7.52. The number of rotatable bonds is 7. The lowest BCUT2D eigenvalue weighted by atomic mass is 10.00. The summed E-state index contributed by atoms with van der Waals surface area (Å²) in [6.07, 6.45) is 0.756. The molecular formula is C16H23N3OS. The van der Waals surface area contributed by atoms with Crippen LogP contribution in [0, 0.1) is 0 Å². The lowest BCUT2D eigenvalue weighted by Crippen LogP contribution is -2.06. The monoisotopic (exact) mass is 305 g/mol. The van der Waals surface area contributed by atoms with Crippen molar-refractivity contribution in [2.24, 2.45) is 0 Å². The molecule has 0 bridgehead atoms. The van der Waals surface area contributed by atoms with Gasteiger partial charge in [-0.05, 0) is 24.0 Å². The fraction of sp³-hybridized carbons (Fsp3) is 0.500. The molecule has 0 saturated heterocycles. The van der Waals surface area contributed by atoms with Crippen molar-refractivity contribution in [2.75, 3.05) is 19.0 Å². The minimum atomic E-state index is 0.217. The first-order valence-corrected chi connectivity index (χ1v) is 8.05. The summed E-state index contributed by atoms with van der Waals surface area (Å²) in [6.45, 7) is 7.21. The van der Waals surface area contributed by atoms with Crippen molar-refractivity contribution in [3.63, 3.8) is 0 Å². The Morgan fingerprint density at radius 1 is 1.14 bits per heavy atom. The van der Waals surface area contributed by atoms with E-state index in [1.165, 1.54) is 22.7 Å². The van der Waals surface area contributed by atoms with Crippen LogP contribution in [-0.2, 0) is 11.2 Å². The van der Waals surface area contributed by atoms with Crippen LogP contribution in [0.15, 0.2) is 24.3 Å². The number of benzene rings is 1. The molecule has 0 fully saturated rings. The third kappa shape index (κ3) is 4.51. The quantitative estimate of drug-likeness (QED) is 0.839. The maximum absolute atomic E-state index is 5.04. The summed E-state index contributed by atoms with van der Waals surface area (Å²) in [6, 6.07) is 8.97. The number of methoxy groups -OCH3 is 1. The molecule has 0 spiro atoms. The Morgan fingerprint density at radius 2 is 1.81 bits per heavy atom. The third-order valence-corrected chi connectivity index (χ3v) is 4.13. The van der Waals surface area contributed by atoms with Crippen LogP contribution in [0.2, 0.25) is 0 Å². The van der Waals surface area contributed by atoms with Crippen LogP contribution in [0.3, 0.4) is 0 Å². The van der Waals surface area contributed by atoms with Crippen LogP contribution in [0.1, 0.15) is 49.7 Å². The highest BCUT2D eigenvalue weighted by Crippen LogP contribution is 2.23. The molecule has 0 radical (unpaired) electrons. The molecule has 1 N–H and O–H groups in total. The van der Waals surface area contributed by atoms with Gasteiger partial charge in [0.2, 0.25) is 5.13 Å². The standard InChI is InChI=1S/C16H23N3OS/c1-11(2)13-5-7-14(8-6-13)12(3)17-16-18-15(19-21-16)9-10-20-4/h5-8,11-12H,9-10H2,1-4H3,(H,17,18,19). The van der Waals surface area contributed by atoms with Crippen LogP contribution in [0.4, 0.5) is 5.13 Å². The smallest absolute Gasteiger partial charge is 0.203 e. The van der Waals surface area contributed by atoms with Crippen LogP contribution < -0.4 is 5.32 Å². The average molecular weight is 305 g/mol. The van der Waals surface area contributed by atoms with Gasteiger partial charge in [0, 0.05) is 25.1 Å². The molecule has 0 aliphatic carbocycles. The van der Waals surface area contributed by atoms with E-state index in [1.54, 1.807) is 7.11 Å². The summed E-state index contributed by atoms with van der Waals surface area (Å²) in [5.41, 5.74) is 2.62. The van der Waals surface area contributed by atoms with Crippen LogP contribution in [-0.4, -0.2) is 23.1 Å². The molecule has 0 aliphatic heterocycles. The molecule has 0 saturated carbocycles. The first kappa shape index (κ1) is 15.9. The van der Waals surface area contributed by atoms with E-state index in [4.69, 9.17) is 4.74 Å². The Labute approximate surface area is 130 Å². The zero-order chi connectivity index (χ0) is 15.2. The van der Waals surface area contributed by atoms with Gasteiger partial charge in [-0.1, -0.05) is 38.1 Å². The molecule has 1 aromatic heterocycles. The van der Waals surface area contributed by atoms with Crippen molar-refractivity contribution in [1.82, 2.24) is 9.36 Å². The number of hydrogen-bond acceptors (Lipinski definition) is 5. The van der Waals surface area contributed by atoms with Gasteiger partial charge in [-0.3, -0.25) is 0 Å². The SMILES string of the molecule is COCCc1nsc(NC(C)c2ccc(C(C)C)cc2)n1. The number of aromatic nitrogens is 2. The largest absolute Gasteiger partial charge is 0.384 e. The van der Waals surface area contributed by atoms with E-state index in [0.29, 0.717) is 12.5 Å². The predicted octanol–water partition coefficient (Wildman–Crippen LogP) is 4.02. The zero-order valence-corrected chi connectivity index (χ0v) is 13.9. The van der Waals surface area contributed by atoms with Crippen molar-refractivity contribution < 1.29 is 4.74 Å².